The lowest BCUT2D eigenvalue weighted by Gasteiger charge is -2.14. The number of methoxy groups -OCH3 is 2. The van der Waals surface area contributed by atoms with E-state index in [9.17, 15) is 0 Å². The maximum Gasteiger partial charge on any atom is 0.219 e. The Morgan fingerprint density at radius 3 is 2.16 bits per heavy atom. The van der Waals surface area contributed by atoms with E-state index >= 15 is 0 Å². The molecule has 0 aliphatic heterocycles. The molecule has 0 bridgehead atoms. The number of para-hydroxylation sites is 1. The van der Waals surface area contributed by atoms with Crippen molar-refractivity contribution in [2.24, 2.45) is 4.99 Å². The minimum absolute atomic E-state index is 0. The van der Waals surface area contributed by atoms with Crippen LogP contribution >= 0.6 is 35.6 Å². The van der Waals surface area contributed by atoms with E-state index in [0.717, 1.165) is 11.1 Å². The molecule has 0 fully saturated rings. The van der Waals surface area contributed by atoms with Gasteiger partial charge in [-0.3, -0.25) is 4.99 Å². The minimum Gasteiger partial charge on any atom is -0.493 e. The van der Waals surface area contributed by atoms with Crippen molar-refractivity contribution in [1.29, 1.82) is 0 Å². The van der Waals surface area contributed by atoms with Gasteiger partial charge in [-0.25, -0.2) is 4.98 Å². The lowest BCUT2D eigenvalue weighted by atomic mass is 10.2. The van der Waals surface area contributed by atoms with Crippen LogP contribution in [0.5, 0.6) is 23.1 Å². The molecule has 3 aromatic rings. The van der Waals surface area contributed by atoms with Crippen LogP contribution in [0.15, 0.2) is 65.8 Å². The largest absolute Gasteiger partial charge is 0.493 e. The number of aliphatic imine (C=N–C) groups is 1. The fourth-order valence-corrected chi connectivity index (χ4v) is 3.05. The molecule has 2 N–H and O–H groups in total. The number of hydrogen-bond donors (Lipinski definition) is 2. The second-order valence-electron chi connectivity index (χ2n) is 6.51. The molecule has 1 heterocycles. The number of benzene rings is 2. The molecule has 0 atom stereocenters. The van der Waals surface area contributed by atoms with Gasteiger partial charge in [-0.2, -0.15) is 0 Å². The van der Waals surface area contributed by atoms with Gasteiger partial charge in [-0.05, 0) is 35.4 Å². The summed E-state index contributed by atoms with van der Waals surface area (Å²) < 4.78 is 16.6. The van der Waals surface area contributed by atoms with Gasteiger partial charge in [0.05, 0.1) is 14.2 Å². The minimum atomic E-state index is 0. The summed E-state index contributed by atoms with van der Waals surface area (Å²) in [5.41, 5.74) is 2.05. The first-order valence-electron chi connectivity index (χ1n) is 9.65. The second kappa shape index (κ2) is 13.0. The van der Waals surface area contributed by atoms with E-state index in [-0.39, 0.29) is 24.0 Å². The molecule has 0 radical (unpaired) electrons. The molecular formula is C23H26ClIN4O3. The monoisotopic (exact) mass is 568 g/mol. The molecule has 0 amide bonds. The molecule has 32 heavy (non-hydrogen) atoms. The number of nitrogens with zero attached hydrogens (tertiary/aromatic N) is 2. The Morgan fingerprint density at radius 2 is 1.59 bits per heavy atom. The summed E-state index contributed by atoms with van der Waals surface area (Å²) in [6, 6.07) is 16.9. The van der Waals surface area contributed by atoms with Gasteiger partial charge >= 0.3 is 0 Å². The van der Waals surface area contributed by atoms with Crippen LogP contribution in [0.3, 0.4) is 0 Å². The summed E-state index contributed by atoms with van der Waals surface area (Å²) in [5, 5.41) is 7.23. The highest BCUT2D eigenvalue weighted by molar-refractivity contribution is 14.0. The number of halogens is 2. The number of guanidine groups is 1. The fourth-order valence-electron chi connectivity index (χ4n) is 2.84. The smallest absolute Gasteiger partial charge is 0.219 e. The van der Waals surface area contributed by atoms with Crippen molar-refractivity contribution in [3.05, 3.63) is 76.9 Å². The molecule has 0 saturated carbocycles. The molecule has 0 saturated heterocycles. The molecule has 3 rings (SSSR count). The predicted octanol–water partition coefficient (Wildman–Crippen LogP) is 5.03. The Morgan fingerprint density at radius 1 is 0.938 bits per heavy atom. The third kappa shape index (κ3) is 7.16. The standard InChI is InChI=1S/C23H25ClN4O3.HI/c1-25-23(27-13-16-6-4-7-18(24)12-16)28-15-17-10-11-21(26-14-17)31-22-19(29-2)8-5-9-20(22)30-3;/h4-12,14H,13,15H2,1-3H3,(H2,25,27,28);1H. The second-order valence-corrected chi connectivity index (χ2v) is 6.94. The van der Waals surface area contributed by atoms with Crippen LogP contribution in [0.4, 0.5) is 0 Å². The zero-order valence-electron chi connectivity index (χ0n) is 18.1. The van der Waals surface area contributed by atoms with Gasteiger partial charge in [-0.1, -0.05) is 35.9 Å². The van der Waals surface area contributed by atoms with Crippen molar-refractivity contribution >= 4 is 41.5 Å². The van der Waals surface area contributed by atoms with Crippen LogP contribution in [-0.2, 0) is 13.1 Å². The van der Waals surface area contributed by atoms with Gasteiger partial charge in [0.25, 0.3) is 0 Å². The van der Waals surface area contributed by atoms with E-state index in [2.05, 4.69) is 20.6 Å². The van der Waals surface area contributed by atoms with Crippen molar-refractivity contribution in [3.63, 3.8) is 0 Å². The summed E-state index contributed by atoms with van der Waals surface area (Å²) in [4.78, 5) is 8.62. The Kier molecular flexibility index (Phi) is 10.4. The molecule has 0 unspecified atom stereocenters. The average Bonchev–Trinajstić information content (AvgIpc) is 2.80. The van der Waals surface area contributed by atoms with Crippen molar-refractivity contribution in [1.82, 2.24) is 15.6 Å². The molecule has 170 valence electrons. The van der Waals surface area contributed by atoms with Crippen LogP contribution < -0.4 is 24.8 Å². The molecule has 0 aliphatic carbocycles. The van der Waals surface area contributed by atoms with Gasteiger partial charge in [-0.15, -0.1) is 24.0 Å². The third-order valence-corrected chi connectivity index (χ3v) is 4.65. The normalized spacial score (nSPS) is 10.7. The van der Waals surface area contributed by atoms with Crippen molar-refractivity contribution in [2.75, 3.05) is 21.3 Å². The van der Waals surface area contributed by atoms with Gasteiger partial charge in [0.2, 0.25) is 11.6 Å². The molecular weight excluding hydrogens is 543 g/mol. The molecule has 2 aromatic carbocycles. The van der Waals surface area contributed by atoms with Crippen molar-refractivity contribution in [2.45, 2.75) is 13.1 Å². The zero-order chi connectivity index (χ0) is 22.1. The first kappa shape index (κ1) is 25.5. The third-order valence-electron chi connectivity index (χ3n) is 4.42. The van der Waals surface area contributed by atoms with Crippen LogP contribution in [0, 0.1) is 0 Å². The van der Waals surface area contributed by atoms with Gasteiger partial charge < -0.3 is 24.8 Å². The van der Waals surface area contributed by atoms with Crippen LogP contribution in [0.1, 0.15) is 11.1 Å². The SMILES string of the molecule is CN=C(NCc1ccc(Oc2c(OC)cccc2OC)nc1)NCc1cccc(Cl)c1.I. The van der Waals surface area contributed by atoms with Crippen molar-refractivity contribution < 1.29 is 14.2 Å². The summed E-state index contributed by atoms with van der Waals surface area (Å²) in [7, 11) is 4.89. The molecule has 9 heteroatoms. The highest BCUT2D eigenvalue weighted by Crippen LogP contribution is 2.39. The number of nitrogens with one attached hydrogen (secondary N) is 2. The van der Waals surface area contributed by atoms with Gasteiger partial charge in [0, 0.05) is 37.4 Å². The molecule has 0 aliphatic rings. The first-order chi connectivity index (χ1) is 15.1. The Hall–Kier alpha value is -2.72. The maximum absolute atomic E-state index is 6.03. The summed E-state index contributed by atoms with van der Waals surface area (Å²) in [6.07, 6.45) is 1.74. The van der Waals surface area contributed by atoms with E-state index in [0.29, 0.717) is 47.2 Å². The Balaban J connectivity index is 0.00000363. The fraction of sp³-hybridized carbons (Fsp3) is 0.217. The average molecular weight is 569 g/mol. The topological polar surface area (TPSA) is 77.0 Å². The number of hydrogen-bond acceptors (Lipinski definition) is 5. The van der Waals surface area contributed by atoms with Crippen LogP contribution in [0.25, 0.3) is 0 Å². The summed E-state index contributed by atoms with van der Waals surface area (Å²) in [6.45, 7) is 1.17. The number of rotatable bonds is 8. The first-order valence-corrected chi connectivity index (χ1v) is 10.0. The lowest BCUT2D eigenvalue weighted by Crippen LogP contribution is -2.36. The van der Waals surface area contributed by atoms with E-state index in [1.807, 2.05) is 36.4 Å². The predicted molar refractivity (Wildman–Crippen MR) is 138 cm³/mol. The highest BCUT2D eigenvalue weighted by atomic mass is 127. The molecule has 0 spiro atoms. The summed E-state index contributed by atoms with van der Waals surface area (Å²) in [5.74, 6) is 2.74. The molecule has 1 aromatic heterocycles. The van der Waals surface area contributed by atoms with E-state index < -0.39 is 0 Å². The Labute approximate surface area is 210 Å². The van der Waals surface area contributed by atoms with E-state index in [1.54, 1.807) is 45.7 Å². The van der Waals surface area contributed by atoms with Crippen LogP contribution in [0.2, 0.25) is 5.02 Å². The number of aromatic nitrogens is 1. The Bertz CT molecular complexity index is 1010. The number of ether oxygens (including phenoxy) is 3. The highest BCUT2D eigenvalue weighted by Gasteiger charge is 2.13. The van der Waals surface area contributed by atoms with E-state index in [1.165, 1.54) is 0 Å². The molecule has 7 nitrogen and oxygen atoms in total. The number of pyridine rings is 1. The lowest BCUT2D eigenvalue weighted by molar-refractivity contribution is 0.342. The quantitative estimate of drug-likeness (QED) is 0.226. The van der Waals surface area contributed by atoms with Crippen molar-refractivity contribution in [3.8, 4) is 23.1 Å². The maximum atomic E-state index is 6.03. The zero-order valence-corrected chi connectivity index (χ0v) is 21.2. The summed E-state index contributed by atoms with van der Waals surface area (Å²) >= 11 is 6.03. The van der Waals surface area contributed by atoms with Crippen LogP contribution in [-0.4, -0.2) is 32.2 Å². The van der Waals surface area contributed by atoms with Gasteiger partial charge in [0.1, 0.15) is 0 Å². The van der Waals surface area contributed by atoms with Gasteiger partial charge in [0.15, 0.2) is 17.5 Å². The van der Waals surface area contributed by atoms with E-state index in [4.69, 9.17) is 25.8 Å².